The summed E-state index contributed by atoms with van der Waals surface area (Å²) in [6.07, 6.45) is 6.02. The van der Waals surface area contributed by atoms with E-state index in [1.54, 1.807) is 35.6 Å². The molecule has 0 aliphatic carbocycles. The van der Waals surface area contributed by atoms with Crippen LogP contribution in [0.5, 0.6) is 0 Å². The number of benzene rings is 2. The Balaban J connectivity index is 1.58. The van der Waals surface area contributed by atoms with Crippen molar-refractivity contribution in [3.63, 3.8) is 0 Å². The minimum atomic E-state index is -0.533. The number of rotatable bonds is 7. The number of hydrogen-bond acceptors (Lipinski definition) is 3. The maximum atomic E-state index is 14.2. The normalized spacial score (nSPS) is 17.4. The van der Waals surface area contributed by atoms with Crippen molar-refractivity contribution in [1.82, 2.24) is 19.8 Å². The Bertz CT molecular complexity index is 1090. The van der Waals surface area contributed by atoms with Gasteiger partial charge in [-0.15, -0.1) is 0 Å². The average molecular weight is 460 g/mol. The van der Waals surface area contributed by atoms with Crippen molar-refractivity contribution in [3.8, 4) is 0 Å². The number of aryl methyl sites for hydroxylation is 1. The standard InChI is InChI=1S/C22H20Cl2FN5O/c23-17-5-2-15(3-6-17)13-27-21-20(16-4-7-18(24)19(25)12-16)30(22(31)28-21)10-1-9-29-11-8-26-14-29/h2-8,11-12,14,20H,1,9-10,13H2,(H,27,28,31). The minimum Gasteiger partial charge on any atom is -0.337 e. The van der Waals surface area contributed by atoms with Crippen molar-refractivity contribution < 1.29 is 9.18 Å². The molecule has 6 nitrogen and oxygen atoms in total. The summed E-state index contributed by atoms with van der Waals surface area (Å²) in [5, 5.41) is 3.53. The van der Waals surface area contributed by atoms with Crippen molar-refractivity contribution in [2.24, 2.45) is 4.99 Å². The van der Waals surface area contributed by atoms with E-state index in [2.05, 4.69) is 15.3 Å². The van der Waals surface area contributed by atoms with Crippen LogP contribution in [0, 0.1) is 5.82 Å². The van der Waals surface area contributed by atoms with Gasteiger partial charge in [0.05, 0.1) is 17.9 Å². The molecule has 0 saturated carbocycles. The Morgan fingerprint density at radius 1 is 1.13 bits per heavy atom. The second-order valence-electron chi connectivity index (χ2n) is 7.18. The van der Waals surface area contributed by atoms with Crippen LogP contribution in [0.2, 0.25) is 10.0 Å². The van der Waals surface area contributed by atoms with E-state index in [1.807, 2.05) is 22.9 Å². The lowest BCUT2D eigenvalue weighted by Gasteiger charge is -2.23. The fraction of sp³-hybridized carbons (Fsp3) is 0.227. The first kappa shape index (κ1) is 21.3. The van der Waals surface area contributed by atoms with Gasteiger partial charge in [-0.25, -0.2) is 14.2 Å². The molecule has 0 bridgehead atoms. The first-order valence-corrected chi connectivity index (χ1v) is 10.5. The molecule has 31 heavy (non-hydrogen) atoms. The molecule has 0 radical (unpaired) electrons. The highest BCUT2D eigenvalue weighted by atomic mass is 35.5. The number of carbonyl (C=O) groups is 1. The molecule has 2 heterocycles. The van der Waals surface area contributed by atoms with Gasteiger partial charge in [0.1, 0.15) is 17.7 Å². The quantitative estimate of drug-likeness (QED) is 0.534. The van der Waals surface area contributed by atoms with Gasteiger partial charge in [-0.3, -0.25) is 10.3 Å². The molecule has 2 aromatic carbocycles. The lowest BCUT2D eigenvalue weighted by atomic mass is 10.0. The largest absolute Gasteiger partial charge is 0.337 e. The second kappa shape index (κ2) is 9.49. The van der Waals surface area contributed by atoms with Crippen LogP contribution >= 0.6 is 23.2 Å². The van der Waals surface area contributed by atoms with Crippen LogP contribution in [-0.2, 0) is 13.1 Å². The Morgan fingerprint density at radius 3 is 2.65 bits per heavy atom. The molecule has 1 aromatic heterocycles. The third-order valence-corrected chi connectivity index (χ3v) is 5.60. The number of amides is 2. The topological polar surface area (TPSA) is 62.5 Å². The number of hydrogen-bond donors (Lipinski definition) is 1. The molecule has 0 spiro atoms. The molecule has 3 aromatic rings. The molecule has 1 fully saturated rings. The number of nitrogens with one attached hydrogen (secondary N) is 1. The van der Waals surface area contributed by atoms with E-state index in [1.165, 1.54) is 12.1 Å². The van der Waals surface area contributed by atoms with E-state index in [0.717, 1.165) is 5.56 Å². The van der Waals surface area contributed by atoms with Gasteiger partial charge in [-0.05, 0) is 41.8 Å². The summed E-state index contributed by atoms with van der Waals surface area (Å²) >= 11 is 11.8. The number of urea groups is 1. The van der Waals surface area contributed by atoms with Crippen LogP contribution in [-0.4, -0.2) is 32.9 Å². The first-order valence-electron chi connectivity index (χ1n) is 9.78. The molecule has 1 atom stereocenters. The summed E-state index contributed by atoms with van der Waals surface area (Å²) in [4.78, 5) is 23.1. The summed E-state index contributed by atoms with van der Waals surface area (Å²) in [5.74, 6) is -0.0572. The number of aliphatic imine (C=N–C) groups is 1. The summed E-state index contributed by atoms with van der Waals surface area (Å²) in [6, 6.07) is 11.1. The lowest BCUT2D eigenvalue weighted by Crippen LogP contribution is -2.31. The monoisotopic (exact) mass is 459 g/mol. The van der Waals surface area contributed by atoms with Gasteiger partial charge in [-0.1, -0.05) is 41.4 Å². The Morgan fingerprint density at radius 2 is 1.94 bits per heavy atom. The van der Waals surface area contributed by atoms with E-state index in [0.29, 0.717) is 42.5 Å². The van der Waals surface area contributed by atoms with Crippen LogP contribution in [0.4, 0.5) is 9.18 Å². The van der Waals surface area contributed by atoms with E-state index in [-0.39, 0.29) is 11.1 Å². The fourth-order valence-corrected chi connectivity index (χ4v) is 3.74. The smallest absolute Gasteiger partial charge is 0.323 e. The molecular formula is C22H20Cl2FN5O. The minimum absolute atomic E-state index is 0.0346. The van der Waals surface area contributed by atoms with Gasteiger partial charge in [0.15, 0.2) is 0 Å². The molecule has 4 rings (SSSR count). The molecule has 1 aliphatic rings. The van der Waals surface area contributed by atoms with E-state index < -0.39 is 11.9 Å². The second-order valence-corrected chi connectivity index (χ2v) is 8.03. The van der Waals surface area contributed by atoms with Gasteiger partial charge >= 0.3 is 6.03 Å². The molecule has 1 N–H and O–H groups in total. The molecule has 1 saturated heterocycles. The maximum Gasteiger partial charge on any atom is 0.323 e. The molecule has 2 amide bonds. The van der Waals surface area contributed by atoms with Crippen LogP contribution < -0.4 is 5.32 Å². The SMILES string of the molecule is O=C1NC(=NCc2ccc(Cl)cc2)C(c2ccc(Cl)c(F)c2)N1CCCn1ccnc1. The highest BCUT2D eigenvalue weighted by molar-refractivity contribution is 6.31. The lowest BCUT2D eigenvalue weighted by molar-refractivity contribution is 0.204. The van der Waals surface area contributed by atoms with Gasteiger partial charge in [0.2, 0.25) is 0 Å². The van der Waals surface area contributed by atoms with Gasteiger partial charge < -0.3 is 9.47 Å². The number of amidine groups is 1. The number of carbonyl (C=O) groups excluding carboxylic acids is 1. The molecular weight excluding hydrogens is 440 g/mol. The van der Waals surface area contributed by atoms with E-state index in [4.69, 9.17) is 23.2 Å². The van der Waals surface area contributed by atoms with E-state index in [9.17, 15) is 9.18 Å². The summed E-state index contributed by atoms with van der Waals surface area (Å²) < 4.78 is 16.1. The third-order valence-electron chi connectivity index (χ3n) is 5.05. The molecule has 1 aliphatic heterocycles. The van der Waals surface area contributed by atoms with Crippen molar-refractivity contribution in [3.05, 3.63) is 88.2 Å². The molecule has 1 unspecified atom stereocenters. The predicted octanol–water partition coefficient (Wildman–Crippen LogP) is 5.08. The average Bonchev–Trinajstić information content (AvgIpc) is 3.38. The first-order chi connectivity index (χ1) is 15.0. The maximum absolute atomic E-state index is 14.2. The number of imidazole rings is 1. The predicted molar refractivity (Wildman–Crippen MR) is 119 cm³/mol. The van der Waals surface area contributed by atoms with Crippen molar-refractivity contribution >= 4 is 35.1 Å². The van der Waals surface area contributed by atoms with Gasteiger partial charge in [0, 0.05) is 30.5 Å². The highest BCUT2D eigenvalue weighted by Crippen LogP contribution is 2.29. The van der Waals surface area contributed by atoms with Crippen LogP contribution in [0.25, 0.3) is 0 Å². The van der Waals surface area contributed by atoms with Crippen LogP contribution in [0.15, 0.2) is 66.2 Å². The summed E-state index contributed by atoms with van der Waals surface area (Å²) in [7, 11) is 0. The van der Waals surface area contributed by atoms with Gasteiger partial charge in [-0.2, -0.15) is 0 Å². The Labute approximate surface area is 189 Å². The zero-order chi connectivity index (χ0) is 21.8. The number of halogens is 3. The summed E-state index contributed by atoms with van der Waals surface area (Å²) in [5.41, 5.74) is 1.56. The van der Waals surface area contributed by atoms with E-state index >= 15 is 0 Å². The van der Waals surface area contributed by atoms with Crippen LogP contribution in [0.3, 0.4) is 0 Å². The Hall–Kier alpha value is -2.90. The molecule has 160 valence electrons. The highest BCUT2D eigenvalue weighted by Gasteiger charge is 2.37. The fourth-order valence-electron chi connectivity index (χ4n) is 3.50. The molecule has 9 heteroatoms. The zero-order valence-corrected chi connectivity index (χ0v) is 18.0. The Kier molecular flexibility index (Phi) is 6.53. The van der Waals surface area contributed by atoms with Crippen molar-refractivity contribution in [2.45, 2.75) is 25.6 Å². The zero-order valence-electron chi connectivity index (χ0n) is 16.5. The number of nitrogens with zero attached hydrogens (tertiary/aromatic N) is 4. The van der Waals surface area contributed by atoms with Crippen LogP contribution in [0.1, 0.15) is 23.6 Å². The third kappa shape index (κ3) is 5.06. The number of aromatic nitrogens is 2. The van der Waals surface area contributed by atoms with Crippen molar-refractivity contribution in [1.29, 1.82) is 0 Å². The van der Waals surface area contributed by atoms with Gasteiger partial charge in [0.25, 0.3) is 0 Å². The van der Waals surface area contributed by atoms with Crippen molar-refractivity contribution in [2.75, 3.05) is 6.54 Å². The summed E-state index contributed by atoms with van der Waals surface area (Å²) in [6.45, 7) is 1.55.